The summed E-state index contributed by atoms with van der Waals surface area (Å²) in [6, 6.07) is 21.0. The molecule has 0 aliphatic heterocycles. The summed E-state index contributed by atoms with van der Waals surface area (Å²) in [5.74, 6) is 1.14. The molecule has 3 aromatic rings. The molecule has 26 heavy (non-hydrogen) atoms. The molecule has 132 valence electrons. The molecule has 1 N–H and O–H groups in total. The van der Waals surface area contributed by atoms with E-state index in [4.69, 9.17) is 9.47 Å². The maximum absolute atomic E-state index is 12.5. The van der Waals surface area contributed by atoms with Crippen molar-refractivity contribution in [3.05, 3.63) is 79.4 Å². The van der Waals surface area contributed by atoms with Gasteiger partial charge in [0.15, 0.2) is 6.10 Å². The lowest BCUT2D eigenvalue weighted by atomic mass is 10.1. The predicted octanol–water partition coefficient (Wildman–Crippen LogP) is 4.81. The minimum atomic E-state index is -0.640. The highest BCUT2D eigenvalue weighted by atomic mass is 16.5. The Morgan fingerprint density at radius 2 is 1.88 bits per heavy atom. The summed E-state index contributed by atoms with van der Waals surface area (Å²) in [6.45, 7) is 5.77. The molecule has 1 amide bonds. The Morgan fingerprint density at radius 1 is 1.12 bits per heavy atom. The standard InChI is InChI=1S/C22H21NO3/c1-3-14-25-19-11-7-10-18(15-19)23-22(24)16(2)26-21-13-6-9-17-8-4-5-12-20(17)21/h3-13,15-16H,1,14H2,2H3,(H,23,24)/t16-/m1/s1. The van der Waals surface area contributed by atoms with Crippen molar-refractivity contribution in [3.8, 4) is 11.5 Å². The zero-order valence-corrected chi connectivity index (χ0v) is 14.6. The average Bonchev–Trinajstić information content (AvgIpc) is 2.67. The van der Waals surface area contributed by atoms with Gasteiger partial charge in [0, 0.05) is 17.1 Å². The number of benzene rings is 3. The maximum atomic E-state index is 12.5. The van der Waals surface area contributed by atoms with E-state index in [1.807, 2.05) is 60.7 Å². The molecule has 4 nitrogen and oxygen atoms in total. The molecule has 0 aliphatic rings. The van der Waals surface area contributed by atoms with Crippen LogP contribution in [0.3, 0.4) is 0 Å². The molecule has 3 rings (SSSR count). The first-order valence-corrected chi connectivity index (χ1v) is 8.46. The lowest BCUT2D eigenvalue weighted by Crippen LogP contribution is -2.30. The summed E-state index contributed by atoms with van der Waals surface area (Å²) in [5.41, 5.74) is 0.657. The molecule has 0 fully saturated rings. The van der Waals surface area contributed by atoms with E-state index in [0.29, 0.717) is 23.8 Å². The Bertz CT molecular complexity index is 915. The predicted molar refractivity (Wildman–Crippen MR) is 105 cm³/mol. The minimum Gasteiger partial charge on any atom is -0.489 e. The number of carbonyl (C=O) groups excluding carboxylic acids is 1. The van der Waals surface area contributed by atoms with Gasteiger partial charge in [-0.1, -0.05) is 55.1 Å². The van der Waals surface area contributed by atoms with Crippen molar-refractivity contribution in [3.63, 3.8) is 0 Å². The Kier molecular flexibility index (Phi) is 5.54. The fourth-order valence-electron chi connectivity index (χ4n) is 2.61. The van der Waals surface area contributed by atoms with Crippen molar-refractivity contribution in [2.24, 2.45) is 0 Å². The number of nitrogens with one attached hydrogen (secondary N) is 1. The third kappa shape index (κ3) is 4.22. The zero-order valence-electron chi connectivity index (χ0n) is 14.6. The van der Waals surface area contributed by atoms with Gasteiger partial charge < -0.3 is 14.8 Å². The van der Waals surface area contributed by atoms with Gasteiger partial charge in [-0.2, -0.15) is 0 Å². The van der Waals surface area contributed by atoms with Crippen LogP contribution in [0.25, 0.3) is 10.8 Å². The molecule has 0 saturated carbocycles. The zero-order chi connectivity index (χ0) is 18.4. The van der Waals surface area contributed by atoms with E-state index in [-0.39, 0.29) is 5.91 Å². The Hall–Kier alpha value is -3.27. The summed E-state index contributed by atoms with van der Waals surface area (Å²) in [7, 11) is 0. The topological polar surface area (TPSA) is 47.6 Å². The number of ether oxygens (including phenoxy) is 2. The first-order valence-electron chi connectivity index (χ1n) is 8.46. The molecule has 0 heterocycles. The number of hydrogen-bond donors (Lipinski definition) is 1. The SMILES string of the molecule is C=CCOc1cccc(NC(=O)[C@@H](C)Oc2cccc3ccccc23)c1. The van der Waals surface area contributed by atoms with Crippen LogP contribution in [0.4, 0.5) is 5.69 Å². The number of amides is 1. The van der Waals surface area contributed by atoms with Gasteiger partial charge in [0.05, 0.1) is 0 Å². The first kappa shape index (κ1) is 17.5. The second-order valence-electron chi connectivity index (χ2n) is 5.85. The molecule has 0 bridgehead atoms. The molecule has 0 radical (unpaired) electrons. The molecule has 0 aromatic heterocycles. The third-order valence-corrected chi connectivity index (χ3v) is 3.89. The van der Waals surface area contributed by atoms with E-state index in [9.17, 15) is 4.79 Å². The van der Waals surface area contributed by atoms with E-state index >= 15 is 0 Å². The lowest BCUT2D eigenvalue weighted by molar-refractivity contribution is -0.122. The molecule has 4 heteroatoms. The highest BCUT2D eigenvalue weighted by Gasteiger charge is 2.16. The van der Waals surface area contributed by atoms with E-state index in [0.717, 1.165) is 10.8 Å². The molecule has 0 aliphatic carbocycles. The van der Waals surface area contributed by atoms with Gasteiger partial charge in [-0.3, -0.25) is 4.79 Å². The maximum Gasteiger partial charge on any atom is 0.265 e. The van der Waals surface area contributed by atoms with Gasteiger partial charge in [0.25, 0.3) is 5.91 Å². The van der Waals surface area contributed by atoms with Gasteiger partial charge in [0.1, 0.15) is 18.1 Å². The largest absolute Gasteiger partial charge is 0.489 e. The van der Waals surface area contributed by atoms with Crippen molar-refractivity contribution in [2.75, 3.05) is 11.9 Å². The number of anilines is 1. The monoisotopic (exact) mass is 347 g/mol. The van der Waals surface area contributed by atoms with Gasteiger partial charge in [-0.05, 0) is 30.5 Å². The van der Waals surface area contributed by atoms with Gasteiger partial charge in [-0.15, -0.1) is 0 Å². The van der Waals surface area contributed by atoms with Crippen LogP contribution in [0, 0.1) is 0 Å². The van der Waals surface area contributed by atoms with Crippen molar-refractivity contribution in [1.82, 2.24) is 0 Å². The van der Waals surface area contributed by atoms with Crippen molar-refractivity contribution >= 4 is 22.4 Å². The molecular formula is C22H21NO3. The van der Waals surface area contributed by atoms with Crippen molar-refractivity contribution < 1.29 is 14.3 Å². The second kappa shape index (κ2) is 8.21. The van der Waals surface area contributed by atoms with Crippen LogP contribution in [0.15, 0.2) is 79.4 Å². The van der Waals surface area contributed by atoms with E-state index in [1.54, 1.807) is 19.1 Å². The number of carbonyl (C=O) groups is 1. The summed E-state index contributed by atoms with van der Waals surface area (Å²) in [5, 5.41) is 4.91. The fourth-order valence-corrected chi connectivity index (χ4v) is 2.61. The van der Waals surface area contributed by atoms with Crippen LogP contribution in [0.1, 0.15) is 6.92 Å². The van der Waals surface area contributed by atoms with Crippen LogP contribution in [0.5, 0.6) is 11.5 Å². The first-order chi connectivity index (χ1) is 12.7. The minimum absolute atomic E-state index is 0.223. The van der Waals surface area contributed by atoms with Crippen molar-refractivity contribution in [1.29, 1.82) is 0 Å². The molecule has 0 spiro atoms. The lowest BCUT2D eigenvalue weighted by Gasteiger charge is -2.16. The molecule has 0 unspecified atom stereocenters. The number of hydrogen-bond acceptors (Lipinski definition) is 3. The Morgan fingerprint density at radius 3 is 2.73 bits per heavy atom. The summed E-state index contributed by atoms with van der Waals surface area (Å²) in [6.07, 6.45) is 1.03. The molecule has 1 atom stereocenters. The Labute approximate surface area is 153 Å². The van der Waals surface area contributed by atoms with Gasteiger partial charge in [-0.25, -0.2) is 0 Å². The number of fused-ring (bicyclic) bond motifs is 1. The Balaban J connectivity index is 1.69. The van der Waals surface area contributed by atoms with Crippen molar-refractivity contribution in [2.45, 2.75) is 13.0 Å². The van der Waals surface area contributed by atoms with E-state index in [1.165, 1.54) is 0 Å². The number of rotatable bonds is 7. The second-order valence-corrected chi connectivity index (χ2v) is 5.85. The highest BCUT2D eigenvalue weighted by Crippen LogP contribution is 2.26. The summed E-state index contributed by atoms with van der Waals surface area (Å²) >= 11 is 0. The van der Waals surface area contributed by atoms with E-state index in [2.05, 4.69) is 11.9 Å². The fraction of sp³-hybridized carbons (Fsp3) is 0.136. The van der Waals surface area contributed by atoms with E-state index < -0.39 is 6.10 Å². The molecular weight excluding hydrogens is 326 g/mol. The van der Waals surface area contributed by atoms with Gasteiger partial charge >= 0.3 is 0 Å². The summed E-state index contributed by atoms with van der Waals surface area (Å²) < 4.78 is 11.4. The average molecular weight is 347 g/mol. The van der Waals surface area contributed by atoms with Gasteiger partial charge in [0.2, 0.25) is 0 Å². The quantitative estimate of drug-likeness (QED) is 0.624. The summed E-state index contributed by atoms with van der Waals surface area (Å²) in [4.78, 5) is 12.5. The normalized spacial score (nSPS) is 11.6. The molecule has 3 aromatic carbocycles. The highest BCUT2D eigenvalue weighted by molar-refractivity contribution is 5.95. The molecule has 0 saturated heterocycles. The van der Waals surface area contributed by atoms with Crippen LogP contribution in [-0.2, 0) is 4.79 Å². The van der Waals surface area contributed by atoms with Crippen LogP contribution in [-0.4, -0.2) is 18.6 Å². The van der Waals surface area contributed by atoms with Crippen LogP contribution < -0.4 is 14.8 Å². The van der Waals surface area contributed by atoms with Crippen LogP contribution >= 0.6 is 0 Å². The van der Waals surface area contributed by atoms with Crippen LogP contribution in [0.2, 0.25) is 0 Å². The third-order valence-electron chi connectivity index (χ3n) is 3.89. The smallest absolute Gasteiger partial charge is 0.265 e.